The van der Waals surface area contributed by atoms with Gasteiger partial charge in [0.15, 0.2) is 0 Å². The molecule has 0 saturated heterocycles. The van der Waals surface area contributed by atoms with Crippen molar-refractivity contribution in [3.05, 3.63) is 67.1 Å². The average molecular weight is 481 g/mol. The molecule has 2 aromatic heterocycles. The third-order valence-electron chi connectivity index (χ3n) is 5.07. The second-order valence-electron chi connectivity index (χ2n) is 7.41. The zero-order chi connectivity index (χ0) is 24.1. The summed E-state index contributed by atoms with van der Waals surface area (Å²) < 4.78 is 38.9. The van der Waals surface area contributed by atoms with Gasteiger partial charge in [0.05, 0.1) is 50.0 Å². The molecule has 4 aromatic rings. The van der Waals surface area contributed by atoms with E-state index in [1.54, 1.807) is 38.9 Å². The Kier molecular flexibility index (Phi) is 6.90. The van der Waals surface area contributed by atoms with Crippen LogP contribution in [0.5, 0.6) is 11.5 Å². The molecule has 0 bridgehead atoms. The molecule has 10 heteroatoms. The number of fused-ring (bicyclic) bond motifs is 1. The molecule has 0 aliphatic heterocycles. The lowest BCUT2D eigenvalue weighted by Crippen LogP contribution is -2.23. The van der Waals surface area contributed by atoms with E-state index >= 15 is 0 Å². The van der Waals surface area contributed by atoms with Crippen molar-refractivity contribution in [2.24, 2.45) is 0 Å². The minimum atomic E-state index is -3.58. The maximum Gasteiger partial charge on any atom is 0.264 e. The minimum absolute atomic E-state index is 0.0425. The maximum atomic E-state index is 11.5. The molecule has 0 radical (unpaired) electrons. The lowest BCUT2D eigenvalue weighted by Gasteiger charge is -2.26. The van der Waals surface area contributed by atoms with E-state index in [2.05, 4.69) is 9.97 Å². The summed E-state index contributed by atoms with van der Waals surface area (Å²) >= 11 is 0. The van der Waals surface area contributed by atoms with Gasteiger partial charge in [-0.15, -0.1) is 0 Å². The Bertz CT molecular complexity index is 1380. The van der Waals surface area contributed by atoms with Crippen LogP contribution in [0.1, 0.15) is 0 Å². The fourth-order valence-corrected chi connectivity index (χ4v) is 3.84. The van der Waals surface area contributed by atoms with Gasteiger partial charge in [-0.05, 0) is 30.3 Å². The third-order valence-corrected chi connectivity index (χ3v) is 5.67. The first kappa shape index (κ1) is 23.4. The van der Waals surface area contributed by atoms with E-state index in [1.807, 2.05) is 47.4 Å². The zero-order valence-corrected chi connectivity index (χ0v) is 19.8. The van der Waals surface area contributed by atoms with E-state index in [1.165, 1.54) is 0 Å². The Morgan fingerprint density at radius 2 is 1.59 bits per heavy atom. The van der Waals surface area contributed by atoms with Gasteiger partial charge in [0.2, 0.25) is 0 Å². The molecule has 9 nitrogen and oxygen atoms in total. The number of ether oxygens (including phenoxy) is 2. The van der Waals surface area contributed by atoms with Crippen molar-refractivity contribution in [3.63, 3.8) is 0 Å². The Morgan fingerprint density at radius 1 is 0.882 bits per heavy atom. The molecule has 0 saturated carbocycles. The van der Waals surface area contributed by atoms with Gasteiger partial charge >= 0.3 is 0 Å². The largest absolute Gasteiger partial charge is 0.497 e. The number of rotatable bonds is 9. The van der Waals surface area contributed by atoms with Crippen molar-refractivity contribution in [3.8, 4) is 22.8 Å². The van der Waals surface area contributed by atoms with Gasteiger partial charge in [0, 0.05) is 54.1 Å². The van der Waals surface area contributed by atoms with Crippen molar-refractivity contribution < 1.29 is 22.1 Å². The first-order valence-corrected chi connectivity index (χ1v) is 12.2. The topological polar surface area (TPSA) is 104 Å². The quantitative estimate of drug-likeness (QED) is 0.331. The molecular formula is C24H24N4O5S. The number of methoxy groups -OCH3 is 2. The normalized spacial score (nSPS) is 11.4. The van der Waals surface area contributed by atoms with Crippen LogP contribution in [0.15, 0.2) is 67.1 Å². The molecule has 4 rings (SSSR count). The summed E-state index contributed by atoms with van der Waals surface area (Å²) in [5, 5.41) is 0. The zero-order valence-electron chi connectivity index (χ0n) is 19.0. The predicted octanol–water partition coefficient (Wildman–Crippen LogP) is 3.82. The summed E-state index contributed by atoms with van der Waals surface area (Å²) in [5.41, 5.74) is 4.58. The summed E-state index contributed by atoms with van der Waals surface area (Å²) in [6.07, 6.45) is 6.16. The number of benzene rings is 2. The molecule has 0 fully saturated rings. The van der Waals surface area contributed by atoms with Crippen LogP contribution in [0.4, 0.5) is 11.4 Å². The van der Waals surface area contributed by atoms with Crippen molar-refractivity contribution >= 4 is 32.5 Å². The average Bonchev–Trinajstić information content (AvgIpc) is 2.85. The number of nitrogens with zero attached hydrogens (tertiary/aromatic N) is 4. The van der Waals surface area contributed by atoms with E-state index in [0.717, 1.165) is 34.4 Å². The molecule has 0 amide bonds. The number of hydrogen-bond acceptors (Lipinski definition) is 9. The van der Waals surface area contributed by atoms with Crippen molar-refractivity contribution in [1.29, 1.82) is 0 Å². The fraction of sp³-hybridized carbons (Fsp3) is 0.208. The lowest BCUT2D eigenvalue weighted by atomic mass is 10.1. The first-order valence-electron chi connectivity index (χ1n) is 10.4. The van der Waals surface area contributed by atoms with Gasteiger partial charge in [0.25, 0.3) is 10.1 Å². The van der Waals surface area contributed by atoms with Crippen LogP contribution >= 0.6 is 0 Å². The minimum Gasteiger partial charge on any atom is -0.497 e. The van der Waals surface area contributed by atoms with Crippen molar-refractivity contribution in [2.45, 2.75) is 0 Å². The van der Waals surface area contributed by atoms with E-state index in [-0.39, 0.29) is 13.2 Å². The van der Waals surface area contributed by atoms with Gasteiger partial charge in [-0.3, -0.25) is 14.2 Å². The van der Waals surface area contributed by atoms with E-state index in [0.29, 0.717) is 17.0 Å². The number of anilines is 2. The van der Waals surface area contributed by atoms with E-state index < -0.39 is 10.1 Å². The number of aromatic nitrogens is 3. The highest BCUT2D eigenvalue weighted by Gasteiger charge is 2.15. The second-order valence-corrected chi connectivity index (χ2v) is 9.06. The SMILES string of the molecule is COc1cc(OC)cc(N(CCOS(C)(=O)=O)c2ccc3ncc(-c4ccncc4)nc3c2)c1. The Morgan fingerprint density at radius 3 is 2.24 bits per heavy atom. The van der Waals surface area contributed by atoms with Crippen molar-refractivity contribution in [2.75, 3.05) is 38.5 Å². The Labute approximate surface area is 198 Å². The highest BCUT2D eigenvalue weighted by Crippen LogP contribution is 2.34. The van der Waals surface area contributed by atoms with Crippen LogP contribution in [0, 0.1) is 0 Å². The maximum absolute atomic E-state index is 11.5. The predicted molar refractivity (Wildman–Crippen MR) is 130 cm³/mol. The van der Waals surface area contributed by atoms with Gasteiger partial charge < -0.3 is 14.4 Å². The second kappa shape index (κ2) is 10.0. The van der Waals surface area contributed by atoms with Crippen LogP contribution in [0.25, 0.3) is 22.3 Å². The van der Waals surface area contributed by atoms with Crippen LogP contribution in [-0.4, -0.2) is 57.0 Å². The Hall–Kier alpha value is -3.76. The van der Waals surface area contributed by atoms with Gasteiger partial charge in [-0.2, -0.15) is 8.42 Å². The van der Waals surface area contributed by atoms with Gasteiger partial charge in [-0.25, -0.2) is 4.98 Å². The summed E-state index contributed by atoms with van der Waals surface area (Å²) in [6, 6.07) is 14.9. The molecular weight excluding hydrogens is 456 g/mol. The molecule has 0 N–H and O–H groups in total. The van der Waals surface area contributed by atoms with E-state index in [4.69, 9.17) is 18.6 Å². The van der Waals surface area contributed by atoms with E-state index in [9.17, 15) is 8.42 Å². The third kappa shape index (κ3) is 5.59. The smallest absolute Gasteiger partial charge is 0.264 e. The molecule has 2 heterocycles. The molecule has 0 atom stereocenters. The molecule has 2 aromatic carbocycles. The van der Waals surface area contributed by atoms with Crippen LogP contribution < -0.4 is 14.4 Å². The molecule has 0 unspecified atom stereocenters. The fourth-order valence-electron chi connectivity index (χ4n) is 3.46. The summed E-state index contributed by atoms with van der Waals surface area (Å²) in [6.45, 7) is 0.214. The molecule has 34 heavy (non-hydrogen) atoms. The number of hydrogen-bond donors (Lipinski definition) is 0. The molecule has 0 spiro atoms. The van der Waals surface area contributed by atoms with Crippen LogP contribution in [-0.2, 0) is 14.3 Å². The first-order chi connectivity index (χ1) is 16.4. The van der Waals surface area contributed by atoms with Gasteiger partial charge in [-0.1, -0.05) is 0 Å². The van der Waals surface area contributed by atoms with Gasteiger partial charge in [0.1, 0.15) is 11.5 Å². The highest BCUT2D eigenvalue weighted by atomic mass is 32.2. The standard InChI is InChI=1S/C24H24N4O5S/c1-31-20-12-19(13-21(15-20)32-2)28(10-11-33-34(3,29)30)18-4-5-22-23(14-18)27-24(16-26-22)17-6-8-25-9-7-17/h4-9,12-16H,10-11H2,1-3H3. The van der Waals surface area contributed by atoms with Crippen LogP contribution in [0.2, 0.25) is 0 Å². The number of pyridine rings is 1. The molecule has 176 valence electrons. The summed E-state index contributed by atoms with van der Waals surface area (Å²) in [7, 11) is -0.442. The lowest BCUT2D eigenvalue weighted by molar-refractivity contribution is 0.330. The van der Waals surface area contributed by atoms with Crippen molar-refractivity contribution in [1.82, 2.24) is 15.0 Å². The summed E-state index contributed by atoms with van der Waals surface area (Å²) in [4.78, 5) is 15.3. The highest BCUT2D eigenvalue weighted by molar-refractivity contribution is 7.85. The Balaban J connectivity index is 1.77. The van der Waals surface area contributed by atoms with Crippen LogP contribution in [0.3, 0.4) is 0 Å². The molecule has 0 aliphatic rings. The summed E-state index contributed by atoms with van der Waals surface area (Å²) in [5.74, 6) is 1.20. The molecule has 0 aliphatic carbocycles. The monoisotopic (exact) mass is 480 g/mol.